The maximum atomic E-state index is 11.9. The lowest BCUT2D eigenvalue weighted by molar-refractivity contribution is -0.129. The molecule has 1 aliphatic heterocycles. The third-order valence-electron chi connectivity index (χ3n) is 3.64. The zero-order chi connectivity index (χ0) is 17.8. The molecule has 0 amide bonds. The molecular weight excluding hydrogens is 336 g/mol. The van der Waals surface area contributed by atoms with Crippen molar-refractivity contribution in [1.29, 1.82) is 0 Å². The average Bonchev–Trinajstić information content (AvgIpc) is 2.95. The van der Waals surface area contributed by atoms with Crippen LogP contribution in [-0.2, 0) is 9.53 Å². The molecule has 25 heavy (non-hydrogen) atoms. The second-order valence-electron chi connectivity index (χ2n) is 5.74. The normalized spacial score (nSPS) is 15.6. The highest BCUT2D eigenvalue weighted by Gasteiger charge is 2.20. The van der Waals surface area contributed by atoms with E-state index in [0.29, 0.717) is 5.02 Å². The fraction of sp³-hybridized carbons (Fsp3) is 0.100. The van der Waals surface area contributed by atoms with Crippen molar-refractivity contribution in [3.8, 4) is 0 Å². The van der Waals surface area contributed by atoms with Crippen molar-refractivity contribution >= 4 is 41.3 Å². The molecule has 2 aromatic rings. The molecule has 0 atom stereocenters. The van der Waals surface area contributed by atoms with Crippen molar-refractivity contribution in [2.24, 2.45) is 4.99 Å². The zero-order valence-electron chi connectivity index (χ0n) is 13.9. The maximum absolute atomic E-state index is 11.9. The van der Waals surface area contributed by atoms with Gasteiger partial charge in [0.25, 0.3) is 0 Å². The van der Waals surface area contributed by atoms with E-state index in [9.17, 15) is 4.79 Å². The van der Waals surface area contributed by atoms with Gasteiger partial charge in [0.05, 0.1) is 0 Å². The second kappa shape index (κ2) is 7.36. The standard InChI is InChI=1S/C20H17ClN2O2/c1-23(2)17-10-5-14(6-11-17)7-12-19-22-18(20(24)25-19)13-15-3-8-16(21)9-4-15/h3-13H,1-2H3. The Labute approximate surface area is 151 Å². The number of carbonyl (C=O) groups is 1. The molecule has 0 N–H and O–H groups in total. The molecule has 1 heterocycles. The van der Waals surface area contributed by atoms with Crippen molar-refractivity contribution in [1.82, 2.24) is 0 Å². The smallest absolute Gasteiger partial charge is 0.363 e. The van der Waals surface area contributed by atoms with Crippen LogP contribution in [-0.4, -0.2) is 26.0 Å². The summed E-state index contributed by atoms with van der Waals surface area (Å²) in [7, 11) is 3.98. The molecule has 3 rings (SSSR count). The molecular formula is C20H17ClN2O2. The lowest BCUT2D eigenvalue weighted by Crippen LogP contribution is -2.07. The minimum Gasteiger partial charge on any atom is -0.403 e. The Morgan fingerprint density at radius 1 is 0.960 bits per heavy atom. The van der Waals surface area contributed by atoms with E-state index in [0.717, 1.165) is 16.8 Å². The molecule has 0 radical (unpaired) electrons. The molecule has 4 nitrogen and oxygen atoms in total. The summed E-state index contributed by atoms with van der Waals surface area (Å²) in [6.07, 6.45) is 5.22. The predicted octanol–water partition coefficient (Wildman–Crippen LogP) is 4.42. The second-order valence-corrected chi connectivity index (χ2v) is 6.18. The molecule has 0 unspecified atom stereocenters. The average molecular weight is 353 g/mol. The Hall–Kier alpha value is -2.85. The fourth-order valence-corrected chi connectivity index (χ4v) is 2.39. The predicted molar refractivity (Wildman–Crippen MR) is 103 cm³/mol. The van der Waals surface area contributed by atoms with Crippen LogP contribution in [0.2, 0.25) is 5.02 Å². The Balaban J connectivity index is 1.74. The molecule has 0 aliphatic carbocycles. The maximum Gasteiger partial charge on any atom is 0.363 e. The van der Waals surface area contributed by atoms with Crippen LogP contribution in [0.25, 0.3) is 12.2 Å². The third kappa shape index (κ3) is 4.37. The van der Waals surface area contributed by atoms with E-state index < -0.39 is 5.97 Å². The van der Waals surface area contributed by atoms with Crippen molar-refractivity contribution in [3.63, 3.8) is 0 Å². The minimum absolute atomic E-state index is 0.268. The summed E-state index contributed by atoms with van der Waals surface area (Å²) >= 11 is 5.85. The van der Waals surface area contributed by atoms with Crippen LogP contribution in [0.5, 0.6) is 0 Å². The first-order chi connectivity index (χ1) is 12.0. The fourth-order valence-electron chi connectivity index (χ4n) is 2.26. The number of esters is 1. The van der Waals surface area contributed by atoms with Gasteiger partial charge >= 0.3 is 5.97 Å². The van der Waals surface area contributed by atoms with Gasteiger partial charge in [-0.2, -0.15) is 0 Å². The van der Waals surface area contributed by atoms with E-state index >= 15 is 0 Å². The summed E-state index contributed by atoms with van der Waals surface area (Å²) < 4.78 is 5.18. The molecule has 2 aromatic carbocycles. The van der Waals surface area contributed by atoms with Gasteiger partial charge < -0.3 is 9.64 Å². The van der Waals surface area contributed by atoms with Crippen LogP contribution in [0.1, 0.15) is 11.1 Å². The summed E-state index contributed by atoms with van der Waals surface area (Å²) in [5.74, 6) is -0.181. The number of carbonyl (C=O) groups excluding carboxylic acids is 1. The quantitative estimate of drug-likeness (QED) is 0.604. The molecule has 0 saturated heterocycles. The van der Waals surface area contributed by atoms with Gasteiger partial charge in [-0.1, -0.05) is 35.9 Å². The highest BCUT2D eigenvalue weighted by molar-refractivity contribution is 6.30. The molecule has 0 saturated carbocycles. The van der Waals surface area contributed by atoms with Crippen LogP contribution < -0.4 is 4.90 Å². The third-order valence-corrected chi connectivity index (χ3v) is 3.89. The Morgan fingerprint density at radius 2 is 1.60 bits per heavy atom. The van der Waals surface area contributed by atoms with Gasteiger partial charge in [-0.3, -0.25) is 0 Å². The van der Waals surface area contributed by atoms with Crippen LogP contribution in [0, 0.1) is 0 Å². The molecule has 0 bridgehead atoms. The number of cyclic esters (lactones) is 1. The van der Waals surface area contributed by atoms with E-state index in [1.54, 1.807) is 24.3 Å². The summed E-state index contributed by atoms with van der Waals surface area (Å²) in [4.78, 5) is 18.2. The molecule has 0 fully saturated rings. The number of ether oxygens (including phenoxy) is 1. The lowest BCUT2D eigenvalue weighted by Gasteiger charge is -2.11. The number of rotatable bonds is 4. The monoisotopic (exact) mass is 352 g/mol. The number of hydrogen-bond acceptors (Lipinski definition) is 4. The van der Waals surface area contributed by atoms with Gasteiger partial charge in [0.1, 0.15) is 0 Å². The summed E-state index contributed by atoms with van der Waals surface area (Å²) in [6.45, 7) is 0. The Bertz CT molecular complexity index is 864. The molecule has 5 heteroatoms. The van der Waals surface area contributed by atoms with Crippen LogP contribution in [0.3, 0.4) is 0 Å². The van der Waals surface area contributed by atoms with Crippen LogP contribution in [0.15, 0.2) is 65.3 Å². The SMILES string of the molecule is CN(C)c1ccc(C=CC2=NC(=Cc3ccc(Cl)cc3)C(=O)O2)cc1. The molecule has 0 spiro atoms. The van der Waals surface area contributed by atoms with Crippen molar-refractivity contribution in [2.45, 2.75) is 0 Å². The Kier molecular flexibility index (Phi) is 5.00. The zero-order valence-corrected chi connectivity index (χ0v) is 14.7. The number of aliphatic imine (C=N–C) groups is 1. The number of hydrogen-bond donors (Lipinski definition) is 0. The van der Waals surface area contributed by atoms with Crippen molar-refractivity contribution in [2.75, 3.05) is 19.0 Å². The van der Waals surface area contributed by atoms with Gasteiger partial charge in [0.15, 0.2) is 5.70 Å². The number of anilines is 1. The lowest BCUT2D eigenvalue weighted by atomic mass is 10.2. The van der Waals surface area contributed by atoms with Crippen molar-refractivity contribution < 1.29 is 9.53 Å². The van der Waals surface area contributed by atoms with Gasteiger partial charge in [0.2, 0.25) is 5.90 Å². The summed E-state index contributed by atoms with van der Waals surface area (Å²) in [6, 6.07) is 15.2. The molecule has 126 valence electrons. The topological polar surface area (TPSA) is 41.9 Å². The Morgan fingerprint density at radius 3 is 2.24 bits per heavy atom. The van der Waals surface area contributed by atoms with Gasteiger partial charge in [-0.25, -0.2) is 9.79 Å². The first kappa shape index (κ1) is 17.0. The van der Waals surface area contributed by atoms with Gasteiger partial charge in [-0.05, 0) is 47.5 Å². The van der Waals surface area contributed by atoms with Crippen LogP contribution >= 0.6 is 11.6 Å². The highest BCUT2D eigenvalue weighted by Crippen LogP contribution is 2.19. The van der Waals surface area contributed by atoms with E-state index in [2.05, 4.69) is 4.99 Å². The molecule has 0 aromatic heterocycles. The number of halogens is 1. The largest absolute Gasteiger partial charge is 0.403 e. The summed E-state index contributed by atoms with van der Waals surface area (Å²) in [5, 5.41) is 0.642. The van der Waals surface area contributed by atoms with Gasteiger partial charge in [-0.15, -0.1) is 0 Å². The summed E-state index contributed by atoms with van der Waals surface area (Å²) in [5.41, 5.74) is 3.23. The van der Waals surface area contributed by atoms with Crippen molar-refractivity contribution in [3.05, 3.63) is 76.5 Å². The first-order valence-electron chi connectivity index (χ1n) is 7.75. The van der Waals surface area contributed by atoms with E-state index in [1.165, 1.54) is 0 Å². The minimum atomic E-state index is -0.461. The van der Waals surface area contributed by atoms with E-state index in [1.807, 2.05) is 61.5 Å². The van der Waals surface area contributed by atoms with E-state index in [-0.39, 0.29) is 11.6 Å². The number of nitrogens with zero attached hydrogens (tertiary/aromatic N) is 2. The van der Waals surface area contributed by atoms with Crippen LogP contribution in [0.4, 0.5) is 5.69 Å². The molecule has 1 aliphatic rings. The first-order valence-corrected chi connectivity index (χ1v) is 8.13. The highest BCUT2D eigenvalue weighted by atomic mass is 35.5. The van der Waals surface area contributed by atoms with E-state index in [4.69, 9.17) is 16.3 Å². The number of benzene rings is 2. The van der Waals surface area contributed by atoms with Gasteiger partial charge in [0, 0.05) is 30.9 Å².